The van der Waals surface area contributed by atoms with Crippen molar-refractivity contribution in [2.45, 2.75) is 19.3 Å². The van der Waals surface area contributed by atoms with Crippen molar-refractivity contribution in [1.29, 1.82) is 0 Å². The average molecular weight is 252 g/mol. The van der Waals surface area contributed by atoms with Crippen LogP contribution < -0.4 is 5.32 Å². The molecule has 1 unspecified atom stereocenters. The van der Waals surface area contributed by atoms with Crippen LogP contribution in [0.15, 0.2) is 48.6 Å². The molecule has 1 heterocycles. The fourth-order valence-electron chi connectivity index (χ4n) is 2.43. The minimum Gasteiger partial charge on any atom is -0.311 e. The summed E-state index contributed by atoms with van der Waals surface area (Å²) in [7, 11) is 0. The van der Waals surface area contributed by atoms with Gasteiger partial charge in [0.25, 0.3) is 0 Å². The lowest BCUT2D eigenvalue weighted by Gasteiger charge is -2.08. The number of para-hydroxylation sites is 1. The predicted octanol–water partition coefficient (Wildman–Crippen LogP) is 3.53. The summed E-state index contributed by atoms with van der Waals surface area (Å²) in [6, 6.07) is 11.7. The Morgan fingerprint density at radius 1 is 1.26 bits per heavy atom. The number of benzene rings is 1. The van der Waals surface area contributed by atoms with Gasteiger partial charge in [-0.15, -0.1) is 0 Å². The molecule has 1 atom stereocenters. The number of fused-ring (bicyclic) bond motifs is 1. The molecule has 3 nitrogen and oxygen atoms in total. The third kappa shape index (κ3) is 2.81. The number of allylic oxidation sites excluding steroid dienone is 2. The summed E-state index contributed by atoms with van der Waals surface area (Å²) in [5.74, 6) is 1.06. The van der Waals surface area contributed by atoms with Crippen molar-refractivity contribution in [3.8, 4) is 0 Å². The number of nitrogens with one attached hydrogen (secondary N) is 1. The van der Waals surface area contributed by atoms with E-state index in [1.165, 1.54) is 0 Å². The van der Waals surface area contributed by atoms with Crippen LogP contribution in [0.4, 0.5) is 5.82 Å². The third-order valence-electron chi connectivity index (χ3n) is 3.43. The molecule has 0 fully saturated rings. The van der Waals surface area contributed by atoms with Crippen LogP contribution in [0.3, 0.4) is 0 Å². The van der Waals surface area contributed by atoms with Crippen molar-refractivity contribution in [3.05, 3.63) is 48.6 Å². The predicted molar refractivity (Wildman–Crippen MR) is 76.9 cm³/mol. The summed E-state index contributed by atoms with van der Waals surface area (Å²) < 4.78 is 0. The molecule has 19 heavy (non-hydrogen) atoms. The number of hydrogen-bond acceptors (Lipinski definition) is 2. The molecule has 1 aromatic heterocycles. The van der Waals surface area contributed by atoms with Gasteiger partial charge in [-0.05, 0) is 37.0 Å². The number of carbonyl (C=O) groups is 1. The van der Waals surface area contributed by atoms with Crippen LogP contribution in [0, 0.1) is 5.92 Å². The topological polar surface area (TPSA) is 42.0 Å². The van der Waals surface area contributed by atoms with Crippen molar-refractivity contribution >= 4 is 22.6 Å². The number of rotatable bonds is 3. The van der Waals surface area contributed by atoms with Crippen molar-refractivity contribution < 1.29 is 4.79 Å². The van der Waals surface area contributed by atoms with E-state index in [9.17, 15) is 4.79 Å². The lowest BCUT2D eigenvalue weighted by molar-refractivity contribution is -0.116. The summed E-state index contributed by atoms with van der Waals surface area (Å²) in [6.07, 6.45) is 7.00. The molecule has 1 aliphatic rings. The van der Waals surface area contributed by atoms with E-state index in [2.05, 4.69) is 22.5 Å². The summed E-state index contributed by atoms with van der Waals surface area (Å²) >= 11 is 0. The number of hydrogen-bond donors (Lipinski definition) is 1. The van der Waals surface area contributed by atoms with E-state index in [4.69, 9.17) is 0 Å². The molecule has 1 aliphatic carbocycles. The van der Waals surface area contributed by atoms with Gasteiger partial charge in [-0.3, -0.25) is 4.79 Å². The molecular formula is C16H16N2O. The Hall–Kier alpha value is -2.16. The van der Waals surface area contributed by atoms with Gasteiger partial charge < -0.3 is 5.32 Å². The van der Waals surface area contributed by atoms with Gasteiger partial charge in [0.2, 0.25) is 5.91 Å². The maximum absolute atomic E-state index is 11.9. The molecule has 96 valence electrons. The average Bonchev–Trinajstić information content (AvgIpc) is 2.91. The molecule has 0 saturated heterocycles. The van der Waals surface area contributed by atoms with Crippen molar-refractivity contribution in [2.24, 2.45) is 5.92 Å². The molecule has 3 heteroatoms. The molecule has 2 aromatic rings. The lowest BCUT2D eigenvalue weighted by atomic mass is 10.1. The minimum absolute atomic E-state index is 0.0410. The van der Waals surface area contributed by atoms with Crippen molar-refractivity contribution in [2.75, 3.05) is 5.32 Å². The molecule has 1 amide bonds. The van der Waals surface area contributed by atoms with Gasteiger partial charge in [0.1, 0.15) is 5.82 Å². The molecule has 0 aliphatic heterocycles. The van der Waals surface area contributed by atoms with E-state index in [-0.39, 0.29) is 5.91 Å². The highest BCUT2D eigenvalue weighted by atomic mass is 16.1. The van der Waals surface area contributed by atoms with Gasteiger partial charge in [-0.2, -0.15) is 0 Å². The highest BCUT2D eigenvalue weighted by Crippen LogP contribution is 2.21. The highest BCUT2D eigenvalue weighted by Gasteiger charge is 2.14. The quantitative estimate of drug-likeness (QED) is 0.849. The second-order valence-corrected chi connectivity index (χ2v) is 4.91. The number of anilines is 1. The first kappa shape index (κ1) is 11.9. The molecule has 0 spiro atoms. The summed E-state index contributed by atoms with van der Waals surface area (Å²) in [4.78, 5) is 16.4. The van der Waals surface area contributed by atoms with Crippen LogP contribution in [0.25, 0.3) is 10.9 Å². The zero-order chi connectivity index (χ0) is 13.1. The van der Waals surface area contributed by atoms with E-state index in [0.717, 1.165) is 23.7 Å². The van der Waals surface area contributed by atoms with Crippen LogP contribution in [0.5, 0.6) is 0 Å². The van der Waals surface area contributed by atoms with Crippen LogP contribution >= 0.6 is 0 Å². The summed E-state index contributed by atoms with van der Waals surface area (Å²) in [6.45, 7) is 0. The smallest absolute Gasteiger partial charge is 0.226 e. The second-order valence-electron chi connectivity index (χ2n) is 4.91. The Labute approximate surface area is 112 Å². The number of carbonyl (C=O) groups excluding carboxylic acids is 1. The number of nitrogens with zero attached hydrogens (tertiary/aromatic N) is 1. The van der Waals surface area contributed by atoms with E-state index >= 15 is 0 Å². The summed E-state index contributed by atoms with van der Waals surface area (Å²) in [5.41, 5.74) is 0.904. The Morgan fingerprint density at radius 3 is 3.00 bits per heavy atom. The van der Waals surface area contributed by atoms with E-state index < -0.39 is 0 Å². The fourth-order valence-corrected chi connectivity index (χ4v) is 2.43. The molecule has 1 N–H and O–H groups in total. The van der Waals surface area contributed by atoms with Gasteiger partial charge in [-0.25, -0.2) is 4.98 Å². The largest absolute Gasteiger partial charge is 0.311 e. The SMILES string of the molecule is O=C(CC1C=CCC1)Nc1ccc2ccccc2n1. The monoisotopic (exact) mass is 252 g/mol. The highest BCUT2D eigenvalue weighted by molar-refractivity contribution is 5.91. The molecule has 0 bridgehead atoms. The van der Waals surface area contributed by atoms with E-state index in [1.54, 1.807) is 0 Å². The molecule has 0 saturated carbocycles. The number of aromatic nitrogens is 1. The Kier molecular flexibility index (Phi) is 3.27. The lowest BCUT2D eigenvalue weighted by Crippen LogP contribution is -2.15. The van der Waals surface area contributed by atoms with Gasteiger partial charge in [0, 0.05) is 11.8 Å². The van der Waals surface area contributed by atoms with Crippen LogP contribution in [0.1, 0.15) is 19.3 Å². The molecule has 0 radical (unpaired) electrons. The van der Waals surface area contributed by atoms with Crippen molar-refractivity contribution in [1.82, 2.24) is 4.98 Å². The Balaban J connectivity index is 1.70. The van der Waals surface area contributed by atoms with Gasteiger partial charge >= 0.3 is 0 Å². The number of amides is 1. The minimum atomic E-state index is 0.0410. The van der Waals surface area contributed by atoms with Crippen LogP contribution in [-0.2, 0) is 4.79 Å². The maximum atomic E-state index is 11.9. The van der Waals surface area contributed by atoms with Crippen LogP contribution in [-0.4, -0.2) is 10.9 Å². The number of pyridine rings is 1. The zero-order valence-corrected chi connectivity index (χ0v) is 10.7. The standard InChI is InChI=1S/C16H16N2O/c19-16(11-12-5-1-2-6-12)18-15-10-9-13-7-3-4-8-14(13)17-15/h1,3-5,7-10,12H,2,6,11H2,(H,17,18,19). The molecular weight excluding hydrogens is 236 g/mol. The first-order chi connectivity index (χ1) is 9.31. The second kappa shape index (κ2) is 5.22. The van der Waals surface area contributed by atoms with Gasteiger partial charge in [-0.1, -0.05) is 30.4 Å². The molecule has 1 aromatic carbocycles. The van der Waals surface area contributed by atoms with Gasteiger partial charge in [0.15, 0.2) is 0 Å². The van der Waals surface area contributed by atoms with E-state index in [0.29, 0.717) is 18.2 Å². The zero-order valence-electron chi connectivity index (χ0n) is 10.7. The van der Waals surface area contributed by atoms with Crippen LogP contribution in [0.2, 0.25) is 0 Å². The third-order valence-corrected chi connectivity index (χ3v) is 3.43. The Morgan fingerprint density at radius 2 is 2.16 bits per heavy atom. The fraction of sp³-hybridized carbons (Fsp3) is 0.250. The van der Waals surface area contributed by atoms with Crippen molar-refractivity contribution in [3.63, 3.8) is 0 Å². The molecule has 3 rings (SSSR count). The first-order valence-electron chi connectivity index (χ1n) is 6.63. The summed E-state index contributed by atoms with van der Waals surface area (Å²) in [5, 5.41) is 3.96. The first-order valence-corrected chi connectivity index (χ1v) is 6.63. The maximum Gasteiger partial charge on any atom is 0.226 e. The van der Waals surface area contributed by atoms with E-state index in [1.807, 2.05) is 36.4 Å². The Bertz CT molecular complexity index is 633. The normalized spacial score (nSPS) is 17.8. The van der Waals surface area contributed by atoms with Gasteiger partial charge in [0.05, 0.1) is 5.52 Å².